The van der Waals surface area contributed by atoms with Gasteiger partial charge in [0, 0.05) is 26.9 Å². The Balaban J connectivity index is 1.86. The molecule has 3 nitrogen and oxygen atoms in total. The van der Waals surface area contributed by atoms with Gasteiger partial charge in [-0.2, -0.15) is 0 Å². The van der Waals surface area contributed by atoms with Gasteiger partial charge < -0.3 is 9.45 Å². The van der Waals surface area contributed by atoms with Crippen LogP contribution in [0.15, 0.2) is 24.3 Å². The Morgan fingerprint density at radius 1 is 1.33 bits per heavy atom. The molecule has 1 aromatic carbocycles. The van der Waals surface area contributed by atoms with Crippen molar-refractivity contribution in [1.82, 2.24) is 4.90 Å². The van der Waals surface area contributed by atoms with Crippen LogP contribution in [0.3, 0.4) is 0 Å². The summed E-state index contributed by atoms with van der Waals surface area (Å²) in [6.45, 7) is 0. The van der Waals surface area contributed by atoms with E-state index in [1.54, 1.807) is 19.0 Å². The molecule has 1 aliphatic rings. The molecule has 98 valence electrons. The quantitative estimate of drug-likeness (QED) is 0.772. The van der Waals surface area contributed by atoms with Crippen molar-refractivity contribution >= 4 is 17.1 Å². The number of rotatable bonds is 4. The lowest BCUT2D eigenvalue weighted by molar-refractivity contribution is -0.128. The summed E-state index contributed by atoms with van der Waals surface area (Å²) >= 11 is -0.906. The highest BCUT2D eigenvalue weighted by molar-refractivity contribution is 7.92. The molecular formula is C14H19NO2S. The van der Waals surface area contributed by atoms with Crippen LogP contribution in [0.4, 0.5) is 0 Å². The fraction of sp³-hybridized carbons (Fsp3) is 0.500. The molecule has 0 saturated heterocycles. The second-order valence-corrected chi connectivity index (χ2v) is 6.76. The molecule has 1 aromatic rings. The number of carbonyl (C=O) groups excluding carboxylic acids is 1. The van der Waals surface area contributed by atoms with Crippen molar-refractivity contribution in [2.24, 2.45) is 0 Å². The number of nitrogens with zero attached hydrogens (tertiary/aromatic N) is 1. The minimum absolute atomic E-state index is 0.0545. The number of benzene rings is 1. The number of hydrogen-bond acceptors (Lipinski definition) is 2. The van der Waals surface area contributed by atoms with E-state index in [1.165, 1.54) is 11.1 Å². The highest BCUT2D eigenvalue weighted by Gasteiger charge is 2.30. The first-order valence-corrected chi connectivity index (χ1v) is 7.60. The van der Waals surface area contributed by atoms with Crippen molar-refractivity contribution in [3.05, 3.63) is 35.4 Å². The zero-order valence-electron chi connectivity index (χ0n) is 10.9. The lowest BCUT2D eigenvalue weighted by Gasteiger charge is -2.18. The Labute approximate surface area is 111 Å². The van der Waals surface area contributed by atoms with Gasteiger partial charge in [0.05, 0.1) is 6.42 Å². The molecule has 1 aliphatic carbocycles. The van der Waals surface area contributed by atoms with Gasteiger partial charge in [0.2, 0.25) is 5.91 Å². The van der Waals surface area contributed by atoms with E-state index in [0.29, 0.717) is 12.2 Å². The molecule has 0 saturated carbocycles. The van der Waals surface area contributed by atoms with E-state index in [0.717, 1.165) is 12.8 Å². The summed E-state index contributed by atoms with van der Waals surface area (Å²) in [5.41, 5.74) is 2.63. The third kappa shape index (κ3) is 3.06. The van der Waals surface area contributed by atoms with Gasteiger partial charge >= 0.3 is 0 Å². The molecular weight excluding hydrogens is 246 g/mol. The van der Waals surface area contributed by atoms with E-state index in [4.69, 9.17) is 0 Å². The largest absolute Gasteiger partial charge is 0.616 e. The highest BCUT2D eigenvalue weighted by atomic mass is 32.2. The normalized spacial score (nSPS) is 16.4. The molecule has 1 amide bonds. The average Bonchev–Trinajstić information content (AvgIpc) is 2.79. The van der Waals surface area contributed by atoms with Crippen LogP contribution in [-0.2, 0) is 28.8 Å². The van der Waals surface area contributed by atoms with Gasteiger partial charge in [0.1, 0.15) is 11.0 Å². The van der Waals surface area contributed by atoms with E-state index in [-0.39, 0.29) is 11.2 Å². The van der Waals surface area contributed by atoms with Gasteiger partial charge in [0.15, 0.2) is 0 Å². The summed E-state index contributed by atoms with van der Waals surface area (Å²) in [6.07, 6.45) is 2.16. The summed E-state index contributed by atoms with van der Waals surface area (Å²) in [5.74, 6) is 0.536. The Kier molecular flexibility index (Phi) is 4.30. The van der Waals surface area contributed by atoms with Gasteiger partial charge in [-0.3, -0.25) is 4.79 Å². The molecule has 4 heteroatoms. The topological polar surface area (TPSA) is 43.4 Å². The monoisotopic (exact) mass is 265 g/mol. The standard InChI is InChI=1S/C14H19NO2S/c1-15(2)14(16)7-8-18(17)13-9-11-5-3-4-6-12(11)10-13/h3-6,13H,7-10H2,1-2H3. The Bertz CT molecular complexity index is 409. The molecule has 0 heterocycles. The third-order valence-corrected chi connectivity index (χ3v) is 5.08. The number of hydrogen-bond donors (Lipinski definition) is 0. The van der Waals surface area contributed by atoms with Crippen molar-refractivity contribution < 1.29 is 9.35 Å². The van der Waals surface area contributed by atoms with Crippen molar-refractivity contribution in [3.63, 3.8) is 0 Å². The fourth-order valence-electron chi connectivity index (χ4n) is 2.28. The smallest absolute Gasteiger partial charge is 0.226 e. The van der Waals surface area contributed by atoms with Crippen LogP contribution in [-0.4, -0.2) is 40.5 Å². The lowest BCUT2D eigenvalue weighted by atomic mass is 10.1. The molecule has 1 atom stereocenters. The van der Waals surface area contributed by atoms with E-state index in [1.807, 2.05) is 12.1 Å². The van der Waals surface area contributed by atoms with E-state index < -0.39 is 11.2 Å². The molecule has 18 heavy (non-hydrogen) atoms. The van der Waals surface area contributed by atoms with Gasteiger partial charge in [-0.15, -0.1) is 0 Å². The maximum absolute atomic E-state index is 12.2. The molecule has 0 spiro atoms. The Morgan fingerprint density at radius 3 is 2.39 bits per heavy atom. The van der Waals surface area contributed by atoms with Crippen molar-refractivity contribution in [1.29, 1.82) is 0 Å². The summed E-state index contributed by atoms with van der Waals surface area (Å²) in [6, 6.07) is 8.27. The molecule has 0 bridgehead atoms. The number of fused-ring (bicyclic) bond motifs is 1. The van der Waals surface area contributed by atoms with Crippen molar-refractivity contribution in [2.75, 3.05) is 19.8 Å². The predicted molar refractivity (Wildman–Crippen MR) is 74.0 cm³/mol. The maximum atomic E-state index is 12.2. The van der Waals surface area contributed by atoms with Crippen LogP contribution in [0.25, 0.3) is 0 Å². The van der Waals surface area contributed by atoms with Crippen LogP contribution in [0.5, 0.6) is 0 Å². The predicted octanol–water partition coefficient (Wildman–Crippen LogP) is 1.38. The van der Waals surface area contributed by atoms with Crippen molar-refractivity contribution in [2.45, 2.75) is 24.5 Å². The van der Waals surface area contributed by atoms with E-state index >= 15 is 0 Å². The zero-order chi connectivity index (χ0) is 13.1. The second kappa shape index (κ2) is 5.76. The van der Waals surface area contributed by atoms with Crippen LogP contribution in [0.2, 0.25) is 0 Å². The minimum Gasteiger partial charge on any atom is -0.616 e. The SMILES string of the molecule is CN(C)C(=O)CC[S+]([O-])C1Cc2ccccc2C1. The van der Waals surface area contributed by atoms with E-state index in [9.17, 15) is 9.35 Å². The van der Waals surface area contributed by atoms with Crippen molar-refractivity contribution in [3.8, 4) is 0 Å². The van der Waals surface area contributed by atoms with Gasteiger partial charge in [-0.05, 0) is 22.3 Å². The minimum atomic E-state index is -0.906. The average molecular weight is 265 g/mol. The third-order valence-electron chi connectivity index (χ3n) is 3.40. The number of carbonyl (C=O) groups is 1. The van der Waals surface area contributed by atoms with Gasteiger partial charge in [0.25, 0.3) is 0 Å². The lowest BCUT2D eigenvalue weighted by Crippen LogP contribution is -2.29. The molecule has 0 aliphatic heterocycles. The highest BCUT2D eigenvalue weighted by Crippen LogP contribution is 2.26. The van der Waals surface area contributed by atoms with Gasteiger partial charge in [-0.25, -0.2) is 0 Å². The van der Waals surface area contributed by atoms with Crippen LogP contribution >= 0.6 is 0 Å². The molecule has 0 aromatic heterocycles. The summed E-state index contributed by atoms with van der Waals surface area (Å²) in [7, 11) is 3.47. The summed E-state index contributed by atoms with van der Waals surface area (Å²) in [4.78, 5) is 13.0. The first kappa shape index (κ1) is 13.4. The second-order valence-electron chi connectivity index (χ2n) is 4.92. The van der Waals surface area contributed by atoms with E-state index in [2.05, 4.69) is 12.1 Å². The molecule has 1 unspecified atom stereocenters. The zero-order valence-corrected chi connectivity index (χ0v) is 11.7. The summed E-state index contributed by atoms with van der Waals surface area (Å²) < 4.78 is 12.2. The van der Waals surface area contributed by atoms with Gasteiger partial charge in [-0.1, -0.05) is 24.3 Å². The molecule has 0 radical (unpaired) electrons. The van der Waals surface area contributed by atoms with Crippen LogP contribution in [0, 0.1) is 0 Å². The van der Waals surface area contributed by atoms with Crippen LogP contribution < -0.4 is 0 Å². The molecule has 0 N–H and O–H groups in total. The maximum Gasteiger partial charge on any atom is 0.226 e. The number of amides is 1. The first-order chi connectivity index (χ1) is 8.58. The first-order valence-electron chi connectivity index (χ1n) is 6.22. The van der Waals surface area contributed by atoms with Crippen LogP contribution in [0.1, 0.15) is 17.5 Å². The molecule has 0 fully saturated rings. The molecule has 2 rings (SSSR count). The summed E-state index contributed by atoms with van der Waals surface area (Å²) in [5, 5.41) is 0.192. The Hall–Kier alpha value is -1.00. The Morgan fingerprint density at radius 2 is 1.89 bits per heavy atom. The fourth-order valence-corrected chi connectivity index (χ4v) is 3.72.